The number of benzene rings is 1. The van der Waals surface area contributed by atoms with Crippen molar-refractivity contribution in [1.29, 1.82) is 0 Å². The summed E-state index contributed by atoms with van der Waals surface area (Å²) in [5.41, 5.74) is 2.30. The molecule has 2 heterocycles. The molecule has 0 spiro atoms. The molecule has 0 aromatic heterocycles. The van der Waals surface area contributed by atoms with Gasteiger partial charge in [0.25, 0.3) is 0 Å². The molecule has 224 valence electrons. The van der Waals surface area contributed by atoms with E-state index in [1.807, 2.05) is 0 Å². The molecule has 1 N–H and O–H groups in total. The smallest absolute Gasteiger partial charge is 0.416 e. The average Bonchev–Trinajstić information content (AvgIpc) is 3.45. The van der Waals surface area contributed by atoms with Crippen molar-refractivity contribution in [2.24, 2.45) is 5.41 Å². The molecule has 0 saturated carbocycles. The molecule has 4 aliphatic rings. The molecule has 0 radical (unpaired) electrons. The van der Waals surface area contributed by atoms with Crippen molar-refractivity contribution in [3.8, 4) is 0 Å². The van der Waals surface area contributed by atoms with Crippen LogP contribution >= 0.6 is 0 Å². The highest BCUT2D eigenvalue weighted by molar-refractivity contribution is 5.71. The Labute approximate surface area is 235 Å². The molecule has 1 aromatic rings. The first-order valence-corrected chi connectivity index (χ1v) is 13.8. The van der Waals surface area contributed by atoms with Gasteiger partial charge in [-0.2, -0.15) is 26.3 Å². The molecule has 41 heavy (non-hydrogen) atoms. The molecule has 2 aliphatic carbocycles. The Morgan fingerprint density at radius 3 is 2.34 bits per heavy atom. The number of carbonyl (C=O) groups excluding carboxylic acids is 1. The molecule has 1 saturated heterocycles. The average molecular weight is 585 g/mol. The minimum absolute atomic E-state index is 0.0540. The van der Waals surface area contributed by atoms with Gasteiger partial charge in [0.15, 0.2) is 0 Å². The number of allylic oxidation sites excluding steroid dienone is 1. The number of nitrogens with one attached hydrogen (secondary N) is 1. The van der Waals surface area contributed by atoms with Crippen LogP contribution in [0.25, 0.3) is 0 Å². The van der Waals surface area contributed by atoms with E-state index in [0.717, 1.165) is 54.6 Å². The number of rotatable bonds is 5. The first-order chi connectivity index (χ1) is 19.1. The topological polar surface area (TPSA) is 50.8 Å². The Morgan fingerprint density at radius 2 is 1.73 bits per heavy atom. The summed E-state index contributed by atoms with van der Waals surface area (Å²) < 4.78 is 92.3. The fourth-order valence-electron chi connectivity index (χ4n) is 6.47. The molecule has 1 unspecified atom stereocenters. The zero-order valence-corrected chi connectivity index (χ0v) is 23.4. The predicted octanol–water partition coefficient (Wildman–Crippen LogP) is 7.71. The van der Waals surface area contributed by atoms with Gasteiger partial charge in [-0.15, -0.1) is 0 Å². The zero-order valence-electron chi connectivity index (χ0n) is 23.4. The minimum Gasteiger partial charge on any atom is -0.439 e. The van der Waals surface area contributed by atoms with Crippen LogP contribution < -0.4 is 5.32 Å². The van der Waals surface area contributed by atoms with E-state index in [1.165, 1.54) is 10.5 Å². The first-order valence-electron chi connectivity index (χ1n) is 13.8. The van der Waals surface area contributed by atoms with Gasteiger partial charge in [-0.05, 0) is 90.2 Å². The summed E-state index contributed by atoms with van der Waals surface area (Å²) in [5.74, 6) is 0. The van der Waals surface area contributed by atoms with Crippen LogP contribution in [0.15, 0.2) is 52.3 Å². The highest BCUT2D eigenvalue weighted by Crippen LogP contribution is 2.46. The fraction of sp³-hybridized carbons (Fsp3) is 0.567. The number of carbonyl (C=O) groups is 1. The molecule has 2 aliphatic heterocycles. The maximum Gasteiger partial charge on any atom is 0.416 e. The van der Waals surface area contributed by atoms with Gasteiger partial charge in [0, 0.05) is 32.3 Å². The van der Waals surface area contributed by atoms with Crippen molar-refractivity contribution in [3.63, 3.8) is 0 Å². The van der Waals surface area contributed by atoms with Gasteiger partial charge in [-0.3, -0.25) is 4.90 Å². The van der Waals surface area contributed by atoms with Gasteiger partial charge in [-0.1, -0.05) is 13.8 Å². The fourth-order valence-corrected chi connectivity index (χ4v) is 6.47. The second-order valence-electron chi connectivity index (χ2n) is 12.2. The van der Waals surface area contributed by atoms with Crippen molar-refractivity contribution < 1.29 is 40.6 Å². The van der Waals surface area contributed by atoms with Gasteiger partial charge < -0.3 is 14.8 Å². The standard InChI is InChI=1S/C30H34F6N2O3/c1-16-26(18-9-20(29(31,32)33)12-21(10-18)30(34,35)36)41-27(39)38(16)15-19-14-28(2,3)7-5-22(19)23-13-24-17(6-8-37-24)11-25(23)40-4/h9-10,12-13,16,25-26,37H,5-8,11,14-15H2,1-4H3/t16-,25?,26-/m0/s1. The molecule has 1 fully saturated rings. The van der Waals surface area contributed by atoms with E-state index in [1.54, 1.807) is 14.0 Å². The van der Waals surface area contributed by atoms with E-state index < -0.39 is 41.7 Å². The van der Waals surface area contributed by atoms with Gasteiger partial charge in [-0.25, -0.2) is 4.79 Å². The van der Waals surface area contributed by atoms with E-state index in [4.69, 9.17) is 9.47 Å². The third kappa shape index (κ3) is 5.87. The number of halogens is 6. The molecule has 1 amide bonds. The number of hydrogen-bond donors (Lipinski definition) is 1. The number of methoxy groups -OCH3 is 1. The summed E-state index contributed by atoms with van der Waals surface area (Å²) in [6.45, 7) is 6.90. The lowest BCUT2D eigenvalue weighted by molar-refractivity contribution is -0.143. The second kappa shape index (κ2) is 10.4. The second-order valence-corrected chi connectivity index (χ2v) is 12.2. The lowest BCUT2D eigenvalue weighted by Gasteiger charge is -2.38. The summed E-state index contributed by atoms with van der Waals surface area (Å²) in [6.07, 6.45) is -5.97. The van der Waals surface area contributed by atoms with Crippen molar-refractivity contribution in [2.75, 3.05) is 20.2 Å². The maximum absolute atomic E-state index is 13.5. The van der Waals surface area contributed by atoms with Crippen molar-refractivity contribution in [3.05, 3.63) is 69.0 Å². The normalized spacial score (nSPS) is 26.7. The molecule has 3 atom stereocenters. The summed E-state index contributed by atoms with van der Waals surface area (Å²) in [4.78, 5) is 14.5. The van der Waals surface area contributed by atoms with Crippen LogP contribution in [0.3, 0.4) is 0 Å². The third-order valence-corrected chi connectivity index (χ3v) is 8.70. The maximum atomic E-state index is 13.5. The first kappa shape index (κ1) is 29.5. The SMILES string of the molecule is COC1CC2=C(C=C1C1=C(CN3C(=O)O[C@H](c4cc(C(F)(F)F)cc(C(F)(F)F)c4)[C@@H]3C)CC(C)(C)CC1)NCC2. The molecule has 0 bridgehead atoms. The Morgan fingerprint density at radius 1 is 1.07 bits per heavy atom. The molecule has 5 rings (SSSR count). The molecule has 11 heteroatoms. The van der Waals surface area contributed by atoms with Crippen LogP contribution in [-0.4, -0.2) is 43.3 Å². The summed E-state index contributed by atoms with van der Waals surface area (Å²) in [6, 6.07) is 0.554. The zero-order chi connectivity index (χ0) is 29.9. The quantitative estimate of drug-likeness (QED) is 0.361. The number of alkyl halides is 6. The van der Waals surface area contributed by atoms with E-state index in [9.17, 15) is 31.1 Å². The van der Waals surface area contributed by atoms with Crippen molar-refractivity contribution >= 4 is 6.09 Å². The van der Waals surface area contributed by atoms with Crippen molar-refractivity contribution in [1.82, 2.24) is 10.2 Å². The number of cyclic esters (lactones) is 1. The number of ether oxygens (including phenoxy) is 2. The van der Waals surface area contributed by atoms with Gasteiger partial charge in [0.2, 0.25) is 0 Å². The Hall–Kier alpha value is -2.95. The lowest BCUT2D eigenvalue weighted by atomic mass is 9.71. The number of hydrogen-bond acceptors (Lipinski definition) is 4. The van der Waals surface area contributed by atoms with Crippen LogP contribution in [0.5, 0.6) is 0 Å². The van der Waals surface area contributed by atoms with Crippen LogP contribution in [0, 0.1) is 5.41 Å². The number of amides is 1. The Balaban J connectivity index is 1.49. The summed E-state index contributed by atoms with van der Waals surface area (Å²) >= 11 is 0. The van der Waals surface area contributed by atoms with Gasteiger partial charge >= 0.3 is 18.4 Å². The van der Waals surface area contributed by atoms with E-state index in [2.05, 4.69) is 25.2 Å². The van der Waals surface area contributed by atoms with E-state index >= 15 is 0 Å². The van der Waals surface area contributed by atoms with E-state index in [-0.39, 0.29) is 29.7 Å². The Bertz CT molecular complexity index is 1290. The van der Waals surface area contributed by atoms with Crippen LogP contribution in [-0.2, 0) is 21.8 Å². The van der Waals surface area contributed by atoms with Crippen molar-refractivity contribution in [2.45, 2.75) is 83.5 Å². The third-order valence-electron chi connectivity index (χ3n) is 8.70. The molecular formula is C30H34F6N2O3. The molecular weight excluding hydrogens is 550 g/mol. The van der Waals surface area contributed by atoms with Crippen LogP contribution in [0.2, 0.25) is 0 Å². The van der Waals surface area contributed by atoms with Gasteiger partial charge in [0.1, 0.15) is 6.10 Å². The lowest BCUT2D eigenvalue weighted by Crippen LogP contribution is -2.36. The summed E-state index contributed by atoms with van der Waals surface area (Å²) in [5, 5.41) is 3.43. The largest absolute Gasteiger partial charge is 0.439 e. The van der Waals surface area contributed by atoms with Gasteiger partial charge in [0.05, 0.1) is 23.3 Å². The monoisotopic (exact) mass is 584 g/mol. The Kier molecular flexibility index (Phi) is 7.49. The number of nitrogens with zero attached hydrogens (tertiary/aromatic N) is 1. The van der Waals surface area contributed by atoms with Crippen LogP contribution in [0.1, 0.15) is 75.7 Å². The highest BCUT2D eigenvalue weighted by Gasteiger charge is 2.44. The molecule has 5 nitrogen and oxygen atoms in total. The summed E-state index contributed by atoms with van der Waals surface area (Å²) in [7, 11) is 1.67. The molecule has 1 aromatic carbocycles. The van der Waals surface area contributed by atoms with E-state index in [0.29, 0.717) is 18.6 Å². The van der Waals surface area contributed by atoms with Crippen LogP contribution in [0.4, 0.5) is 31.1 Å². The predicted molar refractivity (Wildman–Crippen MR) is 140 cm³/mol. The minimum atomic E-state index is -5.00. The highest BCUT2D eigenvalue weighted by atomic mass is 19.4.